The van der Waals surface area contributed by atoms with Crippen LogP contribution in [0.4, 0.5) is 0 Å². The van der Waals surface area contributed by atoms with E-state index in [1.165, 1.54) is 84.2 Å². The topological polar surface area (TPSA) is 41.7 Å². The van der Waals surface area contributed by atoms with Crippen LogP contribution in [0.25, 0.3) is 0 Å². The van der Waals surface area contributed by atoms with E-state index in [9.17, 15) is 0 Å². The Bertz CT molecular complexity index is 446. The minimum atomic E-state index is 0. The van der Waals surface area contributed by atoms with Crippen molar-refractivity contribution in [3.63, 3.8) is 0 Å². The summed E-state index contributed by atoms with van der Waals surface area (Å²) in [4.78, 5) is 5.27. The smallest absolute Gasteiger partial charge is 0.119 e. The predicted octanol–water partition coefficient (Wildman–Crippen LogP) is 5.03. The van der Waals surface area contributed by atoms with Crippen LogP contribution in [-0.2, 0) is 0 Å². The SMILES string of the molecule is Cl.Cl.Cl.NCCCCCN1CCN(CCCCCCCOc2ccccc2)CC1. The summed E-state index contributed by atoms with van der Waals surface area (Å²) < 4.78 is 5.74. The van der Waals surface area contributed by atoms with E-state index in [2.05, 4.69) is 9.80 Å². The number of hydrogen-bond donors (Lipinski definition) is 1. The number of benzene rings is 1. The van der Waals surface area contributed by atoms with Crippen molar-refractivity contribution < 1.29 is 4.74 Å². The summed E-state index contributed by atoms with van der Waals surface area (Å²) in [6, 6.07) is 10.1. The lowest BCUT2D eigenvalue weighted by Crippen LogP contribution is -2.46. The van der Waals surface area contributed by atoms with E-state index in [1.807, 2.05) is 30.3 Å². The van der Waals surface area contributed by atoms with E-state index in [-0.39, 0.29) is 37.2 Å². The lowest BCUT2D eigenvalue weighted by atomic mass is 10.1. The Morgan fingerprint density at radius 2 is 1.14 bits per heavy atom. The molecule has 2 rings (SSSR count). The average molecular weight is 471 g/mol. The van der Waals surface area contributed by atoms with Crippen molar-refractivity contribution in [1.82, 2.24) is 9.80 Å². The van der Waals surface area contributed by atoms with E-state index >= 15 is 0 Å². The van der Waals surface area contributed by atoms with Crippen LogP contribution in [0.15, 0.2) is 30.3 Å². The van der Waals surface area contributed by atoms with Crippen LogP contribution in [0.1, 0.15) is 51.4 Å². The standard InChI is InChI=1S/C22H39N3O.3ClH/c23-14-8-5-10-16-25-19-17-24(18-20-25)15-9-2-1-3-11-21-26-22-12-6-4-7-13-22;;;/h4,6-7,12-13H,1-3,5,8-11,14-21,23H2;3*1H. The summed E-state index contributed by atoms with van der Waals surface area (Å²) in [6.07, 6.45) is 10.2. The van der Waals surface area contributed by atoms with Crippen molar-refractivity contribution in [2.24, 2.45) is 5.73 Å². The third-order valence-electron chi connectivity index (χ3n) is 5.27. The molecule has 2 N–H and O–H groups in total. The van der Waals surface area contributed by atoms with Gasteiger partial charge in [0.2, 0.25) is 0 Å². The van der Waals surface area contributed by atoms with Crippen LogP contribution in [0.3, 0.4) is 0 Å². The molecule has 1 heterocycles. The van der Waals surface area contributed by atoms with Gasteiger partial charge in [-0.3, -0.25) is 0 Å². The van der Waals surface area contributed by atoms with Gasteiger partial charge in [-0.15, -0.1) is 37.2 Å². The molecule has 4 nitrogen and oxygen atoms in total. The van der Waals surface area contributed by atoms with Gasteiger partial charge in [-0.2, -0.15) is 0 Å². The molecule has 1 saturated heterocycles. The second kappa shape index (κ2) is 21.0. The summed E-state index contributed by atoms with van der Waals surface area (Å²) >= 11 is 0. The van der Waals surface area contributed by atoms with Crippen molar-refractivity contribution >= 4 is 37.2 Å². The van der Waals surface area contributed by atoms with Crippen LogP contribution >= 0.6 is 37.2 Å². The van der Waals surface area contributed by atoms with Crippen molar-refractivity contribution in [3.05, 3.63) is 30.3 Å². The summed E-state index contributed by atoms with van der Waals surface area (Å²) in [5.74, 6) is 0.992. The van der Waals surface area contributed by atoms with Gasteiger partial charge in [0.1, 0.15) is 5.75 Å². The number of ether oxygens (including phenoxy) is 1. The van der Waals surface area contributed by atoms with Crippen molar-refractivity contribution in [3.8, 4) is 5.75 Å². The van der Waals surface area contributed by atoms with Gasteiger partial charge < -0.3 is 20.3 Å². The van der Waals surface area contributed by atoms with Gasteiger partial charge in [0.25, 0.3) is 0 Å². The molecule has 0 radical (unpaired) electrons. The highest BCUT2D eigenvalue weighted by Gasteiger charge is 2.15. The Morgan fingerprint density at radius 3 is 1.69 bits per heavy atom. The lowest BCUT2D eigenvalue weighted by Gasteiger charge is -2.34. The Hall–Kier alpha value is -0.230. The minimum Gasteiger partial charge on any atom is -0.494 e. The molecule has 1 aliphatic rings. The fourth-order valence-corrected chi connectivity index (χ4v) is 3.57. The van der Waals surface area contributed by atoms with E-state index in [4.69, 9.17) is 10.5 Å². The van der Waals surface area contributed by atoms with Gasteiger partial charge in [0.15, 0.2) is 0 Å². The normalized spacial score (nSPS) is 14.4. The Labute approximate surface area is 197 Å². The van der Waals surface area contributed by atoms with Crippen molar-refractivity contribution in [2.75, 3.05) is 52.4 Å². The third-order valence-corrected chi connectivity index (χ3v) is 5.27. The highest BCUT2D eigenvalue weighted by molar-refractivity contribution is 5.86. The molecule has 0 spiro atoms. The van der Waals surface area contributed by atoms with Gasteiger partial charge in [-0.05, 0) is 57.5 Å². The number of nitrogens with two attached hydrogens (primary N) is 1. The number of nitrogens with zero attached hydrogens (tertiary/aromatic N) is 2. The van der Waals surface area contributed by atoms with Crippen molar-refractivity contribution in [1.29, 1.82) is 0 Å². The fraction of sp³-hybridized carbons (Fsp3) is 0.727. The minimum absolute atomic E-state index is 0. The van der Waals surface area contributed by atoms with Gasteiger partial charge >= 0.3 is 0 Å². The molecule has 0 aliphatic carbocycles. The predicted molar refractivity (Wildman–Crippen MR) is 133 cm³/mol. The lowest BCUT2D eigenvalue weighted by molar-refractivity contribution is 0.129. The number of halogens is 3. The summed E-state index contributed by atoms with van der Waals surface area (Å²) in [5, 5.41) is 0. The zero-order valence-corrected chi connectivity index (χ0v) is 20.3. The van der Waals surface area contributed by atoms with Crippen molar-refractivity contribution in [2.45, 2.75) is 51.4 Å². The molecule has 0 aromatic heterocycles. The molecule has 0 unspecified atom stereocenters. The molecule has 7 heteroatoms. The van der Waals surface area contributed by atoms with E-state index in [0.29, 0.717) is 0 Å². The highest BCUT2D eigenvalue weighted by Crippen LogP contribution is 2.11. The monoisotopic (exact) mass is 469 g/mol. The highest BCUT2D eigenvalue weighted by atomic mass is 35.5. The van der Waals surface area contributed by atoms with Gasteiger partial charge in [0.05, 0.1) is 6.61 Å². The molecule has 0 bridgehead atoms. The van der Waals surface area contributed by atoms with Gasteiger partial charge in [-0.25, -0.2) is 0 Å². The average Bonchev–Trinajstić information content (AvgIpc) is 2.69. The maximum atomic E-state index is 5.74. The van der Waals surface area contributed by atoms with Crippen LogP contribution in [0.2, 0.25) is 0 Å². The number of para-hydroxylation sites is 1. The quantitative estimate of drug-likeness (QED) is 0.387. The first kappa shape index (κ1) is 31.0. The fourth-order valence-electron chi connectivity index (χ4n) is 3.57. The molecule has 172 valence electrons. The van der Waals surface area contributed by atoms with Crippen LogP contribution in [-0.4, -0.2) is 62.2 Å². The largest absolute Gasteiger partial charge is 0.494 e. The second-order valence-corrected chi connectivity index (χ2v) is 7.46. The Balaban J connectivity index is 0. The summed E-state index contributed by atoms with van der Waals surface area (Å²) in [5.41, 5.74) is 5.56. The number of hydrogen-bond acceptors (Lipinski definition) is 4. The third kappa shape index (κ3) is 15.3. The summed E-state index contributed by atoms with van der Waals surface area (Å²) in [6.45, 7) is 9.23. The zero-order chi connectivity index (χ0) is 18.3. The Morgan fingerprint density at radius 1 is 0.655 bits per heavy atom. The molecule has 1 aromatic carbocycles. The first-order chi connectivity index (χ1) is 12.9. The number of piperazine rings is 1. The molecular weight excluding hydrogens is 429 g/mol. The molecule has 1 aliphatic heterocycles. The molecule has 0 saturated carbocycles. The number of unbranched alkanes of at least 4 members (excludes halogenated alkanes) is 6. The molecule has 29 heavy (non-hydrogen) atoms. The summed E-state index contributed by atoms with van der Waals surface area (Å²) in [7, 11) is 0. The molecular formula is C22H42Cl3N3O. The van der Waals surface area contributed by atoms with E-state index in [1.54, 1.807) is 0 Å². The molecule has 0 amide bonds. The van der Waals surface area contributed by atoms with E-state index < -0.39 is 0 Å². The van der Waals surface area contributed by atoms with Crippen LogP contribution in [0, 0.1) is 0 Å². The number of rotatable bonds is 14. The first-order valence-corrected chi connectivity index (χ1v) is 10.7. The zero-order valence-electron chi connectivity index (χ0n) is 17.8. The van der Waals surface area contributed by atoms with Gasteiger partial charge in [0, 0.05) is 26.2 Å². The van der Waals surface area contributed by atoms with Gasteiger partial charge in [-0.1, -0.05) is 43.9 Å². The van der Waals surface area contributed by atoms with Crippen LogP contribution in [0.5, 0.6) is 5.75 Å². The molecule has 1 fully saturated rings. The van der Waals surface area contributed by atoms with Crippen LogP contribution < -0.4 is 10.5 Å². The molecule has 1 aromatic rings. The maximum absolute atomic E-state index is 5.74. The van der Waals surface area contributed by atoms with E-state index in [0.717, 1.165) is 25.3 Å². The second-order valence-electron chi connectivity index (χ2n) is 7.46. The maximum Gasteiger partial charge on any atom is 0.119 e. The Kier molecular flexibility index (Phi) is 22.4. The first-order valence-electron chi connectivity index (χ1n) is 10.7. The molecule has 0 atom stereocenters.